The van der Waals surface area contributed by atoms with Gasteiger partial charge in [0, 0.05) is 26.2 Å². The molecule has 0 amide bonds. The van der Waals surface area contributed by atoms with Gasteiger partial charge >= 0.3 is 0 Å². The molecule has 1 fully saturated rings. The lowest BCUT2D eigenvalue weighted by Gasteiger charge is -2.11. The average Bonchev–Trinajstić information content (AvgIpc) is 2.80. The van der Waals surface area contributed by atoms with Gasteiger partial charge < -0.3 is 20.1 Å². The minimum absolute atomic E-state index is 0.360. The van der Waals surface area contributed by atoms with E-state index < -0.39 is 0 Å². The number of para-hydroxylation sites is 2. The van der Waals surface area contributed by atoms with Crippen LogP contribution in [0.1, 0.15) is 0 Å². The Balaban J connectivity index is 0.000000124. The van der Waals surface area contributed by atoms with Crippen LogP contribution in [0.3, 0.4) is 0 Å². The molecule has 4 heteroatoms. The fraction of sp³-hybridized carbons (Fsp3) is 0.455. The number of ether oxygens (including phenoxy) is 2. The zero-order valence-electron chi connectivity index (χ0n) is 8.66. The summed E-state index contributed by atoms with van der Waals surface area (Å²) >= 11 is 0. The molecule has 1 aromatic rings. The minimum atomic E-state index is 0.360. The van der Waals surface area contributed by atoms with Crippen molar-refractivity contribution in [1.82, 2.24) is 10.6 Å². The lowest BCUT2D eigenvalue weighted by molar-refractivity contribution is 0.174. The molecule has 3 rings (SSSR count). The molecule has 0 spiro atoms. The fourth-order valence-electron chi connectivity index (χ4n) is 1.45. The molecule has 2 aliphatic heterocycles. The van der Waals surface area contributed by atoms with Gasteiger partial charge in [0.2, 0.25) is 6.79 Å². The van der Waals surface area contributed by atoms with E-state index in [1.165, 1.54) is 0 Å². The van der Waals surface area contributed by atoms with E-state index in [4.69, 9.17) is 9.47 Å². The third-order valence-corrected chi connectivity index (χ3v) is 2.24. The summed E-state index contributed by atoms with van der Waals surface area (Å²) in [5, 5.41) is 6.44. The molecule has 0 bridgehead atoms. The van der Waals surface area contributed by atoms with Crippen molar-refractivity contribution in [2.45, 2.75) is 0 Å². The molecular weight excluding hydrogens is 192 g/mol. The molecule has 4 nitrogen and oxygen atoms in total. The largest absolute Gasteiger partial charge is 0.454 e. The maximum absolute atomic E-state index is 5.08. The lowest BCUT2D eigenvalue weighted by atomic mass is 10.3. The van der Waals surface area contributed by atoms with Crippen LogP contribution in [-0.2, 0) is 0 Å². The number of rotatable bonds is 0. The number of benzene rings is 1. The Morgan fingerprint density at radius 3 is 1.67 bits per heavy atom. The first-order valence-electron chi connectivity index (χ1n) is 5.23. The Bertz CT molecular complexity index is 266. The van der Waals surface area contributed by atoms with Crippen molar-refractivity contribution in [2.24, 2.45) is 0 Å². The van der Waals surface area contributed by atoms with Gasteiger partial charge in [-0.2, -0.15) is 0 Å². The van der Waals surface area contributed by atoms with Crippen molar-refractivity contribution in [3.63, 3.8) is 0 Å². The number of piperazine rings is 1. The standard InChI is InChI=1S/C7H6O2.C4H10N2/c1-2-4-7-6(3-1)8-5-9-7;1-2-6-4-3-5-1/h1-4H,5H2;5-6H,1-4H2. The van der Waals surface area contributed by atoms with E-state index >= 15 is 0 Å². The number of fused-ring (bicyclic) bond motifs is 1. The highest BCUT2D eigenvalue weighted by molar-refractivity contribution is 5.40. The molecule has 2 N–H and O–H groups in total. The lowest BCUT2D eigenvalue weighted by Crippen LogP contribution is -2.39. The van der Waals surface area contributed by atoms with Gasteiger partial charge in [0.25, 0.3) is 0 Å². The van der Waals surface area contributed by atoms with Crippen LogP contribution in [0, 0.1) is 0 Å². The Kier molecular flexibility index (Phi) is 3.82. The van der Waals surface area contributed by atoms with Gasteiger partial charge in [-0.3, -0.25) is 0 Å². The van der Waals surface area contributed by atoms with Crippen molar-refractivity contribution in [3.05, 3.63) is 24.3 Å². The van der Waals surface area contributed by atoms with Gasteiger partial charge in [-0.1, -0.05) is 12.1 Å². The molecule has 1 aromatic carbocycles. The summed E-state index contributed by atoms with van der Waals surface area (Å²) in [6, 6.07) is 7.63. The molecule has 0 atom stereocenters. The van der Waals surface area contributed by atoms with Gasteiger partial charge in [-0.25, -0.2) is 0 Å². The number of nitrogens with one attached hydrogen (secondary N) is 2. The number of hydrogen-bond donors (Lipinski definition) is 2. The Morgan fingerprint density at radius 2 is 1.27 bits per heavy atom. The van der Waals surface area contributed by atoms with Gasteiger partial charge in [0.05, 0.1) is 0 Å². The van der Waals surface area contributed by atoms with Crippen molar-refractivity contribution < 1.29 is 9.47 Å². The first-order chi connectivity index (χ1) is 7.47. The van der Waals surface area contributed by atoms with E-state index in [-0.39, 0.29) is 0 Å². The van der Waals surface area contributed by atoms with Crippen LogP contribution in [-0.4, -0.2) is 33.0 Å². The second-order valence-electron chi connectivity index (χ2n) is 3.35. The third-order valence-electron chi connectivity index (χ3n) is 2.24. The molecule has 1 saturated heterocycles. The first kappa shape index (κ1) is 10.3. The highest BCUT2D eigenvalue weighted by Gasteiger charge is 2.09. The fourth-order valence-corrected chi connectivity index (χ4v) is 1.45. The van der Waals surface area contributed by atoms with Gasteiger partial charge in [0.15, 0.2) is 11.5 Å². The van der Waals surface area contributed by atoms with Crippen LogP contribution in [0.25, 0.3) is 0 Å². The zero-order chi connectivity index (χ0) is 10.3. The van der Waals surface area contributed by atoms with Crippen molar-refractivity contribution in [3.8, 4) is 11.5 Å². The topological polar surface area (TPSA) is 42.5 Å². The van der Waals surface area contributed by atoms with Crippen molar-refractivity contribution >= 4 is 0 Å². The molecule has 0 unspecified atom stereocenters. The molecule has 82 valence electrons. The highest BCUT2D eigenvalue weighted by Crippen LogP contribution is 2.30. The summed E-state index contributed by atoms with van der Waals surface area (Å²) < 4.78 is 10.2. The Morgan fingerprint density at radius 1 is 0.800 bits per heavy atom. The molecule has 2 aliphatic rings. The van der Waals surface area contributed by atoms with Gasteiger partial charge in [0.1, 0.15) is 0 Å². The molecule has 2 heterocycles. The van der Waals surface area contributed by atoms with Crippen LogP contribution in [0.15, 0.2) is 24.3 Å². The Hall–Kier alpha value is -1.26. The molecule has 0 saturated carbocycles. The average molecular weight is 208 g/mol. The summed E-state index contributed by atoms with van der Waals surface area (Å²) in [5.74, 6) is 1.69. The summed E-state index contributed by atoms with van der Waals surface area (Å²) in [4.78, 5) is 0. The molecule has 0 aromatic heterocycles. The first-order valence-corrected chi connectivity index (χ1v) is 5.23. The normalized spacial score (nSPS) is 17.9. The molecular formula is C11H16N2O2. The van der Waals surface area contributed by atoms with E-state index in [1.54, 1.807) is 0 Å². The molecule has 0 radical (unpaired) electrons. The van der Waals surface area contributed by atoms with Gasteiger partial charge in [-0.05, 0) is 12.1 Å². The maximum atomic E-state index is 5.08. The van der Waals surface area contributed by atoms with Crippen LogP contribution in [0.2, 0.25) is 0 Å². The maximum Gasteiger partial charge on any atom is 0.231 e. The van der Waals surface area contributed by atoms with E-state index in [2.05, 4.69) is 10.6 Å². The van der Waals surface area contributed by atoms with E-state index in [0.29, 0.717) is 6.79 Å². The quantitative estimate of drug-likeness (QED) is 0.655. The van der Waals surface area contributed by atoms with Crippen LogP contribution >= 0.6 is 0 Å². The minimum Gasteiger partial charge on any atom is -0.454 e. The Labute approximate surface area is 89.6 Å². The number of hydrogen-bond acceptors (Lipinski definition) is 4. The van der Waals surface area contributed by atoms with Crippen molar-refractivity contribution in [1.29, 1.82) is 0 Å². The van der Waals surface area contributed by atoms with Crippen LogP contribution in [0.5, 0.6) is 11.5 Å². The predicted molar refractivity (Wildman–Crippen MR) is 58.3 cm³/mol. The molecule has 15 heavy (non-hydrogen) atoms. The summed E-state index contributed by atoms with van der Waals surface area (Å²) in [6.45, 7) is 4.92. The second kappa shape index (κ2) is 5.58. The van der Waals surface area contributed by atoms with Crippen LogP contribution < -0.4 is 20.1 Å². The SMILES string of the molecule is C1CNCCN1.c1ccc2c(c1)OCO2. The van der Waals surface area contributed by atoms with E-state index in [0.717, 1.165) is 37.7 Å². The smallest absolute Gasteiger partial charge is 0.231 e. The second-order valence-corrected chi connectivity index (χ2v) is 3.35. The predicted octanol–water partition coefficient (Wildman–Crippen LogP) is 0.594. The third kappa shape index (κ3) is 3.11. The van der Waals surface area contributed by atoms with Crippen molar-refractivity contribution in [2.75, 3.05) is 33.0 Å². The van der Waals surface area contributed by atoms with Gasteiger partial charge in [-0.15, -0.1) is 0 Å². The highest BCUT2D eigenvalue weighted by atomic mass is 16.7. The monoisotopic (exact) mass is 208 g/mol. The van der Waals surface area contributed by atoms with E-state index in [9.17, 15) is 0 Å². The zero-order valence-corrected chi connectivity index (χ0v) is 8.66. The summed E-state index contributed by atoms with van der Waals surface area (Å²) in [6.07, 6.45) is 0. The van der Waals surface area contributed by atoms with Crippen LogP contribution in [0.4, 0.5) is 0 Å². The summed E-state index contributed by atoms with van der Waals surface area (Å²) in [5.41, 5.74) is 0. The summed E-state index contributed by atoms with van der Waals surface area (Å²) in [7, 11) is 0. The molecule has 0 aliphatic carbocycles. The van der Waals surface area contributed by atoms with E-state index in [1.807, 2.05) is 24.3 Å².